The van der Waals surface area contributed by atoms with E-state index >= 15 is 0 Å². The minimum absolute atomic E-state index is 0. The van der Waals surface area contributed by atoms with Crippen molar-refractivity contribution in [3.05, 3.63) is 19.8 Å². The van der Waals surface area contributed by atoms with Gasteiger partial charge in [0.1, 0.15) is 4.34 Å². The molecule has 0 unspecified atom stereocenters. The molecule has 0 bridgehead atoms. The third-order valence-electron chi connectivity index (χ3n) is 2.71. The van der Waals surface area contributed by atoms with Crippen LogP contribution in [0.3, 0.4) is 0 Å². The first-order valence-corrected chi connectivity index (χ1v) is 7.05. The maximum absolute atomic E-state index is 6.00. The third kappa shape index (κ3) is 3.86. The van der Waals surface area contributed by atoms with E-state index in [2.05, 4.69) is 26.9 Å². The normalized spacial score (nSPS) is 18.4. The quantitative estimate of drug-likeness (QED) is 0.888. The molecule has 1 aromatic rings. The number of halogens is 3. The predicted octanol–water partition coefficient (Wildman–Crippen LogP) is 3.51. The van der Waals surface area contributed by atoms with Gasteiger partial charge in [-0.3, -0.25) is 4.90 Å². The van der Waals surface area contributed by atoms with E-state index in [1.807, 2.05) is 0 Å². The molecule has 0 amide bonds. The highest BCUT2D eigenvalue weighted by atomic mass is 79.9. The van der Waals surface area contributed by atoms with E-state index in [4.69, 9.17) is 17.3 Å². The van der Waals surface area contributed by atoms with Crippen LogP contribution in [0.2, 0.25) is 4.34 Å². The van der Waals surface area contributed by atoms with Gasteiger partial charge in [-0.05, 0) is 47.9 Å². The van der Waals surface area contributed by atoms with Crippen molar-refractivity contribution in [3.8, 4) is 0 Å². The van der Waals surface area contributed by atoms with E-state index < -0.39 is 0 Å². The number of likely N-dealkylation sites (tertiary alicyclic amines) is 1. The smallest absolute Gasteiger partial charge is 0.107 e. The number of piperidine rings is 1. The first-order valence-electron chi connectivity index (χ1n) is 5.07. The van der Waals surface area contributed by atoms with Crippen molar-refractivity contribution in [2.24, 2.45) is 5.73 Å². The van der Waals surface area contributed by atoms with Crippen LogP contribution in [0, 0.1) is 0 Å². The summed E-state index contributed by atoms with van der Waals surface area (Å²) in [4.78, 5) is 3.76. The van der Waals surface area contributed by atoms with Crippen molar-refractivity contribution >= 4 is 51.3 Å². The Morgan fingerprint density at radius 1 is 1.50 bits per heavy atom. The average molecular weight is 346 g/mol. The fourth-order valence-corrected chi connectivity index (χ4v) is 3.63. The molecule has 1 aromatic heterocycles. The minimum atomic E-state index is 0. The van der Waals surface area contributed by atoms with Crippen molar-refractivity contribution in [1.82, 2.24) is 4.90 Å². The molecule has 2 heterocycles. The first kappa shape index (κ1) is 14.7. The van der Waals surface area contributed by atoms with Gasteiger partial charge in [-0.15, -0.1) is 23.7 Å². The highest BCUT2D eigenvalue weighted by Crippen LogP contribution is 2.32. The number of rotatable bonds is 2. The zero-order valence-electron chi connectivity index (χ0n) is 8.79. The summed E-state index contributed by atoms with van der Waals surface area (Å²) >= 11 is 11.1. The molecule has 6 heteroatoms. The van der Waals surface area contributed by atoms with Gasteiger partial charge in [0.25, 0.3) is 0 Å². The zero-order chi connectivity index (χ0) is 10.8. The second kappa shape index (κ2) is 6.57. The molecule has 0 spiro atoms. The Morgan fingerprint density at radius 3 is 2.62 bits per heavy atom. The molecule has 0 aliphatic carbocycles. The van der Waals surface area contributed by atoms with Crippen LogP contribution in [-0.4, -0.2) is 24.0 Å². The third-order valence-corrected chi connectivity index (χ3v) is 5.17. The molecular weight excluding hydrogens is 331 g/mol. The summed E-state index contributed by atoms with van der Waals surface area (Å²) in [6, 6.07) is 2.52. The van der Waals surface area contributed by atoms with Crippen LogP contribution in [0.4, 0.5) is 0 Å². The van der Waals surface area contributed by atoms with Gasteiger partial charge >= 0.3 is 0 Å². The number of hydrogen-bond donors (Lipinski definition) is 1. The summed E-state index contributed by atoms with van der Waals surface area (Å²) in [5, 5.41) is 0. The predicted molar refractivity (Wildman–Crippen MR) is 76.8 cm³/mol. The van der Waals surface area contributed by atoms with Gasteiger partial charge in [-0.1, -0.05) is 11.6 Å². The highest BCUT2D eigenvalue weighted by Gasteiger charge is 2.17. The van der Waals surface area contributed by atoms with Crippen molar-refractivity contribution in [3.63, 3.8) is 0 Å². The molecule has 92 valence electrons. The molecule has 1 aliphatic rings. The Morgan fingerprint density at radius 2 is 2.12 bits per heavy atom. The Labute approximate surface area is 120 Å². The second-order valence-corrected chi connectivity index (χ2v) is 6.54. The van der Waals surface area contributed by atoms with Gasteiger partial charge in [0, 0.05) is 21.9 Å². The van der Waals surface area contributed by atoms with E-state index in [-0.39, 0.29) is 12.4 Å². The van der Waals surface area contributed by atoms with Crippen LogP contribution in [0.1, 0.15) is 17.7 Å². The second-order valence-electron chi connectivity index (χ2n) is 3.95. The van der Waals surface area contributed by atoms with E-state index in [0.717, 1.165) is 41.3 Å². The van der Waals surface area contributed by atoms with Gasteiger partial charge in [0.05, 0.1) is 0 Å². The Balaban J connectivity index is 0.00000128. The SMILES string of the molecule is Cl.NC1CCN(Cc2cc(Br)c(Cl)s2)CC1. The van der Waals surface area contributed by atoms with E-state index in [1.165, 1.54) is 4.88 Å². The molecule has 1 aliphatic heterocycles. The van der Waals surface area contributed by atoms with Crippen LogP contribution in [0.5, 0.6) is 0 Å². The summed E-state index contributed by atoms with van der Waals surface area (Å²) in [6.45, 7) is 3.21. The molecular formula is C10H15BrCl2N2S. The molecule has 0 radical (unpaired) electrons. The average Bonchev–Trinajstić information content (AvgIpc) is 2.50. The molecule has 16 heavy (non-hydrogen) atoms. The van der Waals surface area contributed by atoms with Gasteiger partial charge in [-0.2, -0.15) is 0 Å². The largest absolute Gasteiger partial charge is 0.328 e. The van der Waals surface area contributed by atoms with Crippen LogP contribution in [0.15, 0.2) is 10.5 Å². The van der Waals surface area contributed by atoms with Crippen molar-refractivity contribution in [1.29, 1.82) is 0 Å². The maximum atomic E-state index is 6.00. The van der Waals surface area contributed by atoms with Crippen molar-refractivity contribution < 1.29 is 0 Å². The highest BCUT2D eigenvalue weighted by molar-refractivity contribution is 9.10. The lowest BCUT2D eigenvalue weighted by Gasteiger charge is -2.29. The maximum Gasteiger partial charge on any atom is 0.107 e. The molecule has 2 nitrogen and oxygen atoms in total. The standard InChI is InChI=1S/C10H14BrClN2S.ClH/c11-9-5-8(15-10(9)12)6-14-3-1-7(13)2-4-14;/h5,7H,1-4,6,13H2;1H. The fraction of sp³-hybridized carbons (Fsp3) is 0.600. The zero-order valence-corrected chi connectivity index (χ0v) is 12.8. The van der Waals surface area contributed by atoms with Crippen molar-refractivity contribution in [2.45, 2.75) is 25.4 Å². The number of nitrogens with two attached hydrogens (primary N) is 1. The lowest BCUT2D eigenvalue weighted by molar-refractivity contribution is 0.207. The Bertz CT molecular complexity index is 318. The molecule has 0 atom stereocenters. The number of nitrogens with zero attached hydrogens (tertiary/aromatic N) is 1. The number of thiophene rings is 1. The summed E-state index contributed by atoms with van der Waals surface area (Å²) in [7, 11) is 0. The van der Waals surface area contributed by atoms with E-state index in [0.29, 0.717) is 6.04 Å². The lowest BCUT2D eigenvalue weighted by Crippen LogP contribution is -2.39. The van der Waals surface area contributed by atoms with Crippen LogP contribution in [0.25, 0.3) is 0 Å². The lowest BCUT2D eigenvalue weighted by atomic mass is 10.1. The molecule has 0 aromatic carbocycles. The Hall–Kier alpha value is 0.680. The molecule has 2 rings (SSSR count). The summed E-state index contributed by atoms with van der Waals surface area (Å²) in [5.41, 5.74) is 5.87. The molecule has 1 fully saturated rings. The van der Waals surface area contributed by atoms with E-state index in [1.54, 1.807) is 11.3 Å². The van der Waals surface area contributed by atoms with Gasteiger partial charge < -0.3 is 5.73 Å². The fourth-order valence-electron chi connectivity index (χ4n) is 1.80. The van der Waals surface area contributed by atoms with E-state index in [9.17, 15) is 0 Å². The van der Waals surface area contributed by atoms with Crippen LogP contribution < -0.4 is 5.73 Å². The van der Waals surface area contributed by atoms with Crippen LogP contribution in [-0.2, 0) is 6.54 Å². The minimum Gasteiger partial charge on any atom is -0.328 e. The first-order chi connectivity index (χ1) is 7.15. The summed E-state index contributed by atoms with van der Waals surface area (Å²) in [6.07, 6.45) is 2.22. The van der Waals surface area contributed by atoms with Gasteiger partial charge in [-0.25, -0.2) is 0 Å². The Kier molecular flexibility index (Phi) is 6.05. The number of hydrogen-bond acceptors (Lipinski definition) is 3. The molecule has 1 saturated heterocycles. The monoisotopic (exact) mass is 344 g/mol. The summed E-state index contributed by atoms with van der Waals surface area (Å²) in [5.74, 6) is 0. The molecule has 2 N–H and O–H groups in total. The topological polar surface area (TPSA) is 29.3 Å². The van der Waals surface area contributed by atoms with Crippen molar-refractivity contribution in [2.75, 3.05) is 13.1 Å². The van der Waals surface area contributed by atoms with Crippen LogP contribution >= 0.6 is 51.3 Å². The van der Waals surface area contributed by atoms with Gasteiger partial charge in [0.2, 0.25) is 0 Å². The molecule has 0 saturated carbocycles. The summed E-state index contributed by atoms with van der Waals surface area (Å²) < 4.78 is 1.86. The van der Waals surface area contributed by atoms with Gasteiger partial charge in [0.15, 0.2) is 0 Å².